The number of carbonyl (C=O) groups excluding carboxylic acids is 2. The molecule has 0 radical (unpaired) electrons. The van der Waals surface area contributed by atoms with Gasteiger partial charge in [-0.3, -0.25) is 4.79 Å². The van der Waals surface area contributed by atoms with Crippen molar-refractivity contribution in [1.29, 1.82) is 0 Å². The first-order chi connectivity index (χ1) is 11.5. The third-order valence-electron chi connectivity index (χ3n) is 3.51. The summed E-state index contributed by atoms with van der Waals surface area (Å²) in [4.78, 5) is 24.9. The number of carbonyl (C=O) groups is 2. The van der Waals surface area contributed by atoms with E-state index in [1.54, 1.807) is 30.3 Å². The van der Waals surface area contributed by atoms with E-state index in [1.807, 2.05) is 30.3 Å². The van der Waals surface area contributed by atoms with Crippen LogP contribution < -0.4 is 5.11 Å². The Bertz CT molecular complexity index is 883. The van der Waals surface area contributed by atoms with Gasteiger partial charge in [-0.1, -0.05) is 41.9 Å². The Morgan fingerprint density at radius 2 is 1.67 bits per heavy atom. The predicted molar refractivity (Wildman–Crippen MR) is 93.4 cm³/mol. The zero-order valence-electron chi connectivity index (χ0n) is 12.5. The molecule has 0 aliphatic carbocycles. The Morgan fingerprint density at radius 3 is 2.29 bits per heavy atom. The molecule has 0 spiro atoms. The molecule has 24 heavy (non-hydrogen) atoms. The number of carboxylic acids is 1. The van der Waals surface area contributed by atoms with Gasteiger partial charge in [-0.05, 0) is 41.5 Å². The van der Waals surface area contributed by atoms with Crippen LogP contribution in [0.2, 0.25) is 5.02 Å². The van der Waals surface area contributed by atoms with Crippen LogP contribution in [0.5, 0.6) is 0 Å². The Balaban J connectivity index is 2.03. The van der Waals surface area contributed by atoms with Gasteiger partial charge in [0.1, 0.15) is 0 Å². The maximum absolute atomic E-state index is 12.6. The Kier molecular flexibility index (Phi) is 4.79. The zero-order valence-corrected chi connectivity index (χ0v) is 14.1. The molecule has 0 saturated heterocycles. The summed E-state index contributed by atoms with van der Waals surface area (Å²) in [6.45, 7) is 0. The lowest BCUT2D eigenvalue weighted by atomic mass is 10.1. The van der Waals surface area contributed by atoms with Gasteiger partial charge in [-0.15, -0.1) is 11.3 Å². The van der Waals surface area contributed by atoms with E-state index in [4.69, 9.17) is 11.6 Å². The van der Waals surface area contributed by atoms with E-state index in [0.717, 1.165) is 10.4 Å². The van der Waals surface area contributed by atoms with Crippen molar-refractivity contribution >= 4 is 34.7 Å². The first-order valence-electron chi connectivity index (χ1n) is 7.23. The normalized spacial score (nSPS) is 10.5. The van der Waals surface area contributed by atoms with Gasteiger partial charge in [0, 0.05) is 27.9 Å². The van der Waals surface area contributed by atoms with E-state index in [1.165, 1.54) is 11.3 Å². The standard InChI is InChI=1S/C19H13ClO3S/c20-15-8-6-12(7-9-15)18(23)16-10-14(11-17(21)22)19(24-16)13-4-2-1-3-5-13/h1-10H,11H2,(H,21,22)/p-1. The summed E-state index contributed by atoms with van der Waals surface area (Å²) in [5.74, 6) is -1.33. The number of carboxylic acid groups (broad SMARTS) is 1. The SMILES string of the molecule is O=C([O-])Cc1cc(C(=O)c2ccc(Cl)cc2)sc1-c1ccccc1. The molecule has 0 amide bonds. The van der Waals surface area contributed by atoms with Gasteiger partial charge < -0.3 is 9.90 Å². The molecule has 0 N–H and O–H groups in total. The summed E-state index contributed by atoms with van der Waals surface area (Å²) in [6, 6.07) is 17.7. The van der Waals surface area contributed by atoms with Crippen molar-refractivity contribution in [3.8, 4) is 10.4 Å². The third kappa shape index (κ3) is 3.55. The van der Waals surface area contributed by atoms with Crippen LogP contribution in [0.4, 0.5) is 0 Å². The highest BCUT2D eigenvalue weighted by molar-refractivity contribution is 7.17. The Morgan fingerprint density at radius 1 is 1.00 bits per heavy atom. The molecule has 3 rings (SSSR count). The first kappa shape index (κ1) is 16.4. The molecule has 120 valence electrons. The monoisotopic (exact) mass is 355 g/mol. The molecular weight excluding hydrogens is 344 g/mol. The average molecular weight is 356 g/mol. The highest BCUT2D eigenvalue weighted by Crippen LogP contribution is 2.34. The molecule has 0 unspecified atom stereocenters. The molecule has 0 aliphatic heterocycles. The van der Waals surface area contributed by atoms with Gasteiger partial charge in [-0.25, -0.2) is 0 Å². The summed E-state index contributed by atoms with van der Waals surface area (Å²) >= 11 is 7.14. The summed E-state index contributed by atoms with van der Waals surface area (Å²) in [7, 11) is 0. The fourth-order valence-corrected chi connectivity index (χ4v) is 3.68. The van der Waals surface area contributed by atoms with Gasteiger partial charge in [-0.2, -0.15) is 0 Å². The first-order valence-corrected chi connectivity index (χ1v) is 8.42. The van der Waals surface area contributed by atoms with Crippen LogP contribution in [0, 0.1) is 0 Å². The highest BCUT2D eigenvalue weighted by atomic mass is 35.5. The smallest absolute Gasteiger partial charge is 0.202 e. The van der Waals surface area contributed by atoms with E-state index < -0.39 is 5.97 Å². The van der Waals surface area contributed by atoms with Crippen molar-refractivity contribution < 1.29 is 14.7 Å². The molecular formula is C19H12ClO3S-. The number of aliphatic carboxylic acids is 1. The number of rotatable bonds is 5. The van der Waals surface area contributed by atoms with Crippen molar-refractivity contribution in [2.45, 2.75) is 6.42 Å². The topological polar surface area (TPSA) is 57.2 Å². The number of hydrogen-bond acceptors (Lipinski definition) is 4. The minimum atomic E-state index is -1.17. The third-order valence-corrected chi connectivity index (χ3v) is 4.99. The number of thiophene rings is 1. The van der Waals surface area contributed by atoms with E-state index in [2.05, 4.69) is 0 Å². The average Bonchev–Trinajstić information content (AvgIpc) is 2.99. The zero-order chi connectivity index (χ0) is 17.1. The van der Waals surface area contributed by atoms with E-state index in [9.17, 15) is 14.7 Å². The van der Waals surface area contributed by atoms with E-state index >= 15 is 0 Å². The van der Waals surface area contributed by atoms with Crippen LogP contribution in [-0.4, -0.2) is 11.8 Å². The fraction of sp³-hybridized carbons (Fsp3) is 0.0526. The molecule has 5 heteroatoms. The maximum atomic E-state index is 12.6. The summed E-state index contributed by atoms with van der Waals surface area (Å²) in [5.41, 5.74) is 1.98. The lowest BCUT2D eigenvalue weighted by molar-refractivity contribution is -0.304. The van der Waals surface area contributed by atoms with Gasteiger partial charge in [0.05, 0.1) is 4.88 Å². The lowest BCUT2D eigenvalue weighted by Gasteiger charge is -2.04. The van der Waals surface area contributed by atoms with Crippen LogP contribution in [0.3, 0.4) is 0 Å². The molecule has 1 heterocycles. The van der Waals surface area contributed by atoms with Crippen molar-refractivity contribution in [2.24, 2.45) is 0 Å². The molecule has 0 bridgehead atoms. The van der Waals surface area contributed by atoms with Crippen LogP contribution >= 0.6 is 22.9 Å². The maximum Gasteiger partial charge on any atom is 0.202 e. The van der Waals surface area contributed by atoms with Gasteiger partial charge >= 0.3 is 0 Å². The number of ketones is 1. The van der Waals surface area contributed by atoms with Crippen LogP contribution in [0.25, 0.3) is 10.4 Å². The quantitative estimate of drug-likeness (QED) is 0.657. The Hall–Kier alpha value is -2.43. The van der Waals surface area contributed by atoms with E-state index in [-0.39, 0.29) is 12.2 Å². The van der Waals surface area contributed by atoms with E-state index in [0.29, 0.717) is 21.0 Å². The predicted octanol–water partition coefficient (Wildman–Crippen LogP) is 3.59. The number of halogens is 1. The summed E-state index contributed by atoms with van der Waals surface area (Å²) in [6.07, 6.45) is -0.228. The van der Waals surface area contributed by atoms with Gasteiger partial charge in [0.2, 0.25) is 5.78 Å². The molecule has 0 aliphatic rings. The molecule has 3 nitrogen and oxygen atoms in total. The Labute approximate surface area is 148 Å². The summed E-state index contributed by atoms with van der Waals surface area (Å²) in [5, 5.41) is 11.6. The van der Waals surface area contributed by atoms with Crippen molar-refractivity contribution in [1.82, 2.24) is 0 Å². The van der Waals surface area contributed by atoms with Crippen LogP contribution in [-0.2, 0) is 11.2 Å². The van der Waals surface area contributed by atoms with Crippen molar-refractivity contribution in [3.05, 3.63) is 81.7 Å². The number of benzene rings is 2. The summed E-state index contributed by atoms with van der Waals surface area (Å²) < 4.78 is 0. The molecule has 0 saturated carbocycles. The molecule has 3 aromatic rings. The minimum absolute atomic E-state index is 0.154. The fourth-order valence-electron chi connectivity index (χ4n) is 2.40. The van der Waals surface area contributed by atoms with Crippen molar-refractivity contribution in [3.63, 3.8) is 0 Å². The van der Waals surface area contributed by atoms with Crippen LogP contribution in [0.1, 0.15) is 20.8 Å². The second kappa shape index (κ2) is 6.99. The minimum Gasteiger partial charge on any atom is -0.550 e. The molecule has 1 aromatic heterocycles. The van der Waals surface area contributed by atoms with Crippen molar-refractivity contribution in [2.75, 3.05) is 0 Å². The number of hydrogen-bond donors (Lipinski definition) is 0. The second-order valence-electron chi connectivity index (χ2n) is 5.22. The second-order valence-corrected chi connectivity index (χ2v) is 6.70. The largest absolute Gasteiger partial charge is 0.550 e. The lowest BCUT2D eigenvalue weighted by Crippen LogP contribution is -2.24. The highest BCUT2D eigenvalue weighted by Gasteiger charge is 2.17. The molecule has 0 atom stereocenters. The molecule has 2 aromatic carbocycles. The molecule has 0 fully saturated rings. The van der Waals surface area contributed by atoms with Gasteiger partial charge in [0.25, 0.3) is 0 Å². The van der Waals surface area contributed by atoms with Gasteiger partial charge in [0.15, 0.2) is 0 Å². The van der Waals surface area contributed by atoms with Crippen LogP contribution in [0.15, 0.2) is 60.7 Å².